The first-order valence-electron chi connectivity index (χ1n) is 5.22. The molecule has 2 rings (SSSR count). The SMILES string of the molecule is O=C(Cl)OCc1ccc(-c2ccccc2)cc1. The molecular formula is C14H11ClO2. The van der Waals surface area contributed by atoms with Crippen molar-refractivity contribution in [2.24, 2.45) is 0 Å². The van der Waals surface area contributed by atoms with E-state index in [1.165, 1.54) is 0 Å². The minimum Gasteiger partial charge on any atom is -0.449 e. The van der Waals surface area contributed by atoms with E-state index in [4.69, 9.17) is 16.3 Å². The van der Waals surface area contributed by atoms with E-state index >= 15 is 0 Å². The van der Waals surface area contributed by atoms with Crippen molar-refractivity contribution >= 4 is 17.0 Å². The van der Waals surface area contributed by atoms with Gasteiger partial charge in [0.15, 0.2) is 0 Å². The predicted molar refractivity (Wildman–Crippen MR) is 67.9 cm³/mol. The minimum atomic E-state index is -0.780. The fourth-order valence-corrected chi connectivity index (χ4v) is 1.62. The van der Waals surface area contributed by atoms with Crippen LogP contribution in [-0.4, -0.2) is 5.43 Å². The van der Waals surface area contributed by atoms with Gasteiger partial charge >= 0.3 is 5.43 Å². The van der Waals surface area contributed by atoms with Gasteiger partial charge in [-0.1, -0.05) is 54.6 Å². The molecule has 2 aromatic carbocycles. The van der Waals surface area contributed by atoms with E-state index in [1.807, 2.05) is 54.6 Å². The fourth-order valence-electron chi connectivity index (χ4n) is 1.56. The molecule has 0 fully saturated rings. The third-order valence-corrected chi connectivity index (χ3v) is 2.52. The molecule has 0 N–H and O–H groups in total. The lowest BCUT2D eigenvalue weighted by molar-refractivity contribution is 0.167. The topological polar surface area (TPSA) is 26.3 Å². The Morgan fingerprint density at radius 3 is 2.12 bits per heavy atom. The Morgan fingerprint density at radius 2 is 1.53 bits per heavy atom. The first kappa shape index (κ1) is 11.7. The molecule has 3 heteroatoms. The third-order valence-electron chi connectivity index (χ3n) is 2.41. The summed E-state index contributed by atoms with van der Waals surface area (Å²) in [6.45, 7) is 0.206. The standard InChI is InChI=1S/C14H11ClO2/c15-14(16)17-10-11-6-8-13(9-7-11)12-4-2-1-3-5-12/h1-9H,10H2. The van der Waals surface area contributed by atoms with Gasteiger partial charge in [-0.15, -0.1) is 0 Å². The zero-order valence-electron chi connectivity index (χ0n) is 9.10. The summed E-state index contributed by atoms with van der Waals surface area (Å²) in [6, 6.07) is 17.9. The van der Waals surface area contributed by atoms with Gasteiger partial charge in [0.1, 0.15) is 6.61 Å². The molecule has 0 saturated heterocycles. The highest BCUT2D eigenvalue weighted by Gasteiger charge is 1.99. The molecule has 0 saturated carbocycles. The van der Waals surface area contributed by atoms with Crippen molar-refractivity contribution in [3.8, 4) is 11.1 Å². The summed E-state index contributed by atoms with van der Waals surface area (Å²) in [5.41, 5.74) is 2.43. The molecule has 0 spiro atoms. The summed E-state index contributed by atoms with van der Waals surface area (Å²) in [5.74, 6) is 0. The predicted octanol–water partition coefficient (Wildman–Crippen LogP) is 4.23. The number of hydrogen-bond acceptors (Lipinski definition) is 2. The van der Waals surface area contributed by atoms with E-state index in [2.05, 4.69) is 0 Å². The lowest BCUT2D eigenvalue weighted by atomic mass is 10.0. The molecular weight excluding hydrogens is 236 g/mol. The van der Waals surface area contributed by atoms with Crippen LogP contribution in [0.15, 0.2) is 54.6 Å². The van der Waals surface area contributed by atoms with Crippen molar-refractivity contribution in [2.75, 3.05) is 0 Å². The van der Waals surface area contributed by atoms with Crippen LogP contribution in [0.2, 0.25) is 0 Å². The van der Waals surface area contributed by atoms with Crippen LogP contribution in [0.25, 0.3) is 11.1 Å². The quantitative estimate of drug-likeness (QED) is 0.758. The molecule has 0 aliphatic heterocycles. The Balaban J connectivity index is 2.11. The highest BCUT2D eigenvalue weighted by Crippen LogP contribution is 2.19. The van der Waals surface area contributed by atoms with E-state index in [-0.39, 0.29) is 6.61 Å². The van der Waals surface area contributed by atoms with Crippen molar-refractivity contribution in [2.45, 2.75) is 6.61 Å². The number of carbonyl (C=O) groups is 1. The van der Waals surface area contributed by atoms with Crippen LogP contribution in [0.3, 0.4) is 0 Å². The smallest absolute Gasteiger partial charge is 0.404 e. The van der Waals surface area contributed by atoms with Crippen LogP contribution in [0.5, 0.6) is 0 Å². The van der Waals surface area contributed by atoms with E-state index in [9.17, 15) is 4.79 Å². The van der Waals surface area contributed by atoms with E-state index in [0.29, 0.717) is 0 Å². The maximum absolute atomic E-state index is 10.4. The number of hydrogen-bond donors (Lipinski definition) is 0. The van der Waals surface area contributed by atoms with Gasteiger partial charge in [-0.05, 0) is 16.7 Å². The molecule has 0 radical (unpaired) electrons. The van der Waals surface area contributed by atoms with Crippen molar-refractivity contribution in [1.82, 2.24) is 0 Å². The molecule has 0 atom stereocenters. The molecule has 17 heavy (non-hydrogen) atoms. The second-order valence-electron chi connectivity index (χ2n) is 3.59. The molecule has 0 aromatic heterocycles. The largest absolute Gasteiger partial charge is 0.449 e. The molecule has 0 amide bonds. The monoisotopic (exact) mass is 246 g/mol. The van der Waals surface area contributed by atoms with Gasteiger partial charge in [0.25, 0.3) is 0 Å². The van der Waals surface area contributed by atoms with Gasteiger partial charge in [-0.25, -0.2) is 4.79 Å². The molecule has 0 unspecified atom stereocenters. The van der Waals surface area contributed by atoms with E-state index in [1.54, 1.807) is 0 Å². The summed E-state index contributed by atoms with van der Waals surface area (Å²) >= 11 is 5.09. The van der Waals surface area contributed by atoms with Crippen LogP contribution in [0.1, 0.15) is 5.56 Å². The van der Waals surface area contributed by atoms with Crippen molar-refractivity contribution in [1.29, 1.82) is 0 Å². The number of rotatable bonds is 3. The van der Waals surface area contributed by atoms with Crippen LogP contribution >= 0.6 is 11.6 Å². The molecule has 86 valence electrons. The summed E-state index contributed by atoms with van der Waals surface area (Å²) in [5, 5.41) is 0. The van der Waals surface area contributed by atoms with Crippen molar-refractivity contribution in [3.05, 3.63) is 60.2 Å². The van der Waals surface area contributed by atoms with Crippen LogP contribution in [0, 0.1) is 0 Å². The third kappa shape index (κ3) is 3.33. The van der Waals surface area contributed by atoms with Gasteiger partial charge in [-0.2, -0.15) is 0 Å². The average Bonchev–Trinajstić information content (AvgIpc) is 2.38. The minimum absolute atomic E-state index is 0.206. The number of halogens is 1. The van der Waals surface area contributed by atoms with E-state index < -0.39 is 5.43 Å². The van der Waals surface area contributed by atoms with Crippen molar-refractivity contribution in [3.63, 3.8) is 0 Å². The van der Waals surface area contributed by atoms with Crippen molar-refractivity contribution < 1.29 is 9.53 Å². The lowest BCUT2D eigenvalue weighted by Crippen LogP contribution is -1.94. The van der Waals surface area contributed by atoms with Crippen LogP contribution in [-0.2, 0) is 11.3 Å². The highest BCUT2D eigenvalue weighted by atomic mass is 35.5. The molecule has 0 aliphatic carbocycles. The lowest BCUT2D eigenvalue weighted by Gasteiger charge is -2.04. The van der Waals surface area contributed by atoms with Gasteiger partial charge in [0, 0.05) is 11.6 Å². The molecule has 2 aromatic rings. The molecule has 0 heterocycles. The van der Waals surface area contributed by atoms with Crippen LogP contribution < -0.4 is 0 Å². The first-order valence-corrected chi connectivity index (χ1v) is 5.60. The Bertz CT molecular complexity index is 491. The maximum Gasteiger partial charge on any atom is 0.404 e. The zero-order valence-corrected chi connectivity index (χ0v) is 9.85. The fraction of sp³-hybridized carbons (Fsp3) is 0.0714. The highest BCUT2D eigenvalue weighted by molar-refractivity contribution is 6.61. The number of ether oxygens (including phenoxy) is 1. The number of carbonyl (C=O) groups excluding carboxylic acids is 1. The second-order valence-corrected chi connectivity index (χ2v) is 3.90. The zero-order chi connectivity index (χ0) is 12.1. The van der Waals surface area contributed by atoms with Gasteiger partial charge < -0.3 is 4.74 Å². The van der Waals surface area contributed by atoms with Gasteiger partial charge in [-0.3, -0.25) is 0 Å². The first-order chi connectivity index (χ1) is 8.25. The molecule has 0 bridgehead atoms. The second kappa shape index (κ2) is 5.51. The van der Waals surface area contributed by atoms with Crippen LogP contribution in [0.4, 0.5) is 4.79 Å². The molecule has 0 aliphatic rings. The number of benzene rings is 2. The van der Waals surface area contributed by atoms with E-state index in [0.717, 1.165) is 16.7 Å². The average molecular weight is 247 g/mol. The normalized spacial score (nSPS) is 9.94. The van der Waals surface area contributed by atoms with Gasteiger partial charge in [0.2, 0.25) is 0 Å². The van der Waals surface area contributed by atoms with Gasteiger partial charge in [0.05, 0.1) is 0 Å². The summed E-state index contributed by atoms with van der Waals surface area (Å²) in [7, 11) is 0. The summed E-state index contributed by atoms with van der Waals surface area (Å²) in [6.07, 6.45) is 0. The summed E-state index contributed by atoms with van der Waals surface area (Å²) in [4.78, 5) is 10.4. The Morgan fingerprint density at radius 1 is 0.941 bits per heavy atom. The summed E-state index contributed by atoms with van der Waals surface area (Å²) < 4.78 is 4.70. The Labute approximate surface area is 105 Å². The Kier molecular flexibility index (Phi) is 3.78. The Hall–Kier alpha value is -1.80. The maximum atomic E-state index is 10.4. The molecule has 2 nitrogen and oxygen atoms in total.